The average molecular weight is 527 g/mol. The Kier molecular flexibility index (Phi) is 7.20. The molecule has 38 heavy (non-hydrogen) atoms. The van der Waals surface area contributed by atoms with E-state index in [0.29, 0.717) is 47.3 Å². The molecule has 3 aliphatic rings. The van der Waals surface area contributed by atoms with Gasteiger partial charge in [0.15, 0.2) is 0 Å². The Hall–Kier alpha value is -3.00. The van der Waals surface area contributed by atoms with Crippen LogP contribution in [0, 0.1) is 5.82 Å². The normalized spacial score (nSPS) is 25.9. The Morgan fingerprint density at radius 2 is 1.97 bits per heavy atom. The molecule has 0 unspecified atom stereocenters. The molecular weight excluding hydrogens is 490 g/mol. The van der Waals surface area contributed by atoms with Crippen LogP contribution in [0.2, 0.25) is 0 Å². The molecule has 3 fully saturated rings. The van der Waals surface area contributed by atoms with Gasteiger partial charge in [-0.3, -0.25) is 9.59 Å². The number of ether oxygens (including phenoxy) is 1. The predicted octanol–water partition coefficient (Wildman–Crippen LogP) is 5.28. The number of alkyl halides is 1. The van der Waals surface area contributed by atoms with Gasteiger partial charge in [-0.2, -0.15) is 0 Å². The van der Waals surface area contributed by atoms with Crippen LogP contribution in [0.1, 0.15) is 75.8 Å². The number of carboxylic acids is 1. The van der Waals surface area contributed by atoms with E-state index in [1.165, 1.54) is 6.07 Å². The van der Waals surface area contributed by atoms with Crippen LogP contribution in [-0.2, 0) is 16.0 Å². The first kappa shape index (κ1) is 26.6. The van der Waals surface area contributed by atoms with Gasteiger partial charge in [0.05, 0.1) is 6.42 Å². The molecular formula is C30H36F2N2O4. The first-order valence-electron chi connectivity index (χ1n) is 13.6. The Morgan fingerprint density at radius 3 is 2.63 bits per heavy atom. The van der Waals surface area contributed by atoms with Gasteiger partial charge in [0, 0.05) is 36.5 Å². The maximum atomic E-state index is 15.4. The number of aliphatic carboxylic acids is 1. The van der Waals surface area contributed by atoms with Gasteiger partial charge in [-0.1, -0.05) is 32.0 Å². The molecule has 5 rings (SSSR count). The van der Waals surface area contributed by atoms with Gasteiger partial charge >= 0.3 is 5.97 Å². The lowest BCUT2D eigenvalue weighted by Gasteiger charge is -2.38. The third kappa shape index (κ3) is 5.28. The average Bonchev–Trinajstić information content (AvgIpc) is 3.44. The summed E-state index contributed by atoms with van der Waals surface area (Å²) in [4.78, 5) is 24.2. The SMILES string of the molecule is CC(C)c1c(F)cccc1-c1cc(CC(=O)O)ccc1O[C@@H]1CC[C@@H](NC(=O)[C@@]2(F)CNC3(CCC3)C2)C1. The summed E-state index contributed by atoms with van der Waals surface area (Å²) >= 11 is 0. The van der Waals surface area contributed by atoms with Crippen molar-refractivity contribution in [3.8, 4) is 16.9 Å². The zero-order valence-electron chi connectivity index (χ0n) is 22.0. The fourth-order valence-electron chi connectivity index (χ4n) is 6.31. The highest BCUT2D eigenvalue weighted by Crippen LogP contribution is 2.44. The number of nitrogens with one attached hydrogen (secondary N) is 2. The molecule has 3 N–H and O–H groups in total. The highest BCUT2D eigenvalue weighted by atomic mass is 19.1. The fourth-order valence-corrected chi connectivity index (χ4v) is 6.31. The maximum Gasteiger partial charge on any atom is 0.307 e. The van der Waals surface area contributed by atoms with E-state index in [4.69, 9.17) is 4.74 Å². The van der Waals surface area contributed by atoms with Crippen LogP contribution < -0.4 is 15.4 Å². The summed E-state index contributed by atoms with van der Waals surface area (Å²) in [6, 6.07) is 9.92. The summed E-state index contributed by atoms with van der Waals surface area (Å²) in [6.07, 6.45) is 4.67. The van der Waals surface area contributed by atoms with Crippen LogP contribution in [0.25, 0.3) is 11.1 Å². The molecule has 2 aliphatic carbocycles. The molecule has 2 aromatic rings. The molecule has 3 atom stereocenters. The van der Waals surface area contributed by atoms with Crippen molar-refractivity contribution in [1.82, 2.24) is 10.6 Å². The lowest BCUT2D eigenvalue weighted by Crippen LogP contribution is -2.49. The molecule has 204 valence electrons. The maximum absolute atomic E-state index is 15.4. The van der Waals surface area contributed by atoms with Crippen LogP contribution in [0.5, 0.6) is 5.75 Å². The van der Waals surface area contributed by atoms with Gasteiger partial charge in [0.2, 0.25) is 5.67 Å². The highest BCUT2D eigenvalue weighted by molar-refractivity contribution is 5.86. The topological polar surface area (TPSA) is 87.7 Å². The van der Waals surface area contributed by atoms with Crippen molar-refractivity contribution < 1.29 is 28.2 Å². The zero-order chi connectivity index (χ0) is 27.1. The highest BCUT2D eigenvalue weighted by Gasteiger charge is 2.55. The van der Waals surface area contributed by atoms with Crippen LogP contribution >= 0.6 is 0 Å². The Labute approximate surface area is 222 Å². The standard InChI is InChI=1S/C30H36F2N2O4/c1-18(2)27-22(5-3-6-24(27)31)23-13-19(14-26(35)36)7-10-25(23)38-21-9-8-20(15-21)34-28(37)30(32)16-29(33-17-30)11-4-12-29/h3,5-7,10,13,18,20-21,33H,4,8-9,11-12,14-17H2,1-2H3,(H,34,37)(H,35,36)/t20-,21-,30+/m1/s1. The monoisotopic (exact) mass is 526 g/mol. The van der Waals surface area contributed by atoms with E-state index in [9.17, 15) is 19.1 Å². The predicted molar refractivity (Wildman–Crippen MR) is 141 cm³/mol. The molecule has 0 bridgehead atoms. The largest absolute Gasteiger partial charge is 0.490 e. The second kappa shape index (κ2) is 10.3. The quantitative estimate of drug-likeness (QED) is 0.436. The van der Waals surface area contributed by atoms with Gasteiger partial charge in [-0.25, -0.2) is 8.78 Å². The summed E-state index contributed by atoms with van der Waals surface area (Å²) in [5.74, 6) is -1.36. The van der Waals surface area contributed by atoms with E-state index < -0.39 is 17.5 Å². The minimum atomic E-state index is -1.88. The molecule has 8 heteroatoms. The van der Waals surface area contributed by atoms with E-state index in [1.807, 2.05) is 19.9 Å². The molecule has 1 amide bonds. The first-order valence-corrected chi connectivity index (χ1v) is 13.6. The van der Waals surface area contributed by atoms with E-state index in [2.05, 4.69) is 10.6 Å². The summed E-state index contributed by atoms with van der Waals surface area (Å²) in [5, 5.41) is 15.5. The van der Waals surface area contributed by atoms with Crippen molar-refractivity contribution in [2.45, 2.75) is 94.5 Å². The summed E-state index contributed by atoms with van der Waals surface area (Å²) in [5.41, 5.74) is 0.370. The van der Waals surface area contributed by atoms with Crippen LogP contribution in [0.3, 0.4) is 0 Å². The number of halogens is 2. The van der Waals surface area contributed by atoms with Crippen LogP contribution in [0.4, 0.5) is 8.78 Å². The number of hydrogen-bond donors (Lipinski definition) is 3. The molecule has 0 radical (unpaired) electrons. The molecule has 6 nitrogen and oxygen atoms in total. The number of rotatable bonds is 8. The van der Waals surface area contributed by atoms with Crippen LogP contribution in [0.15, 0.2) is 36.4 Å². The summed E-state index contributed by atoms with van der Waals surface area (Å²) in [6.45, 7) is 3.89. The van der Waals surface area contributed by atoms with Crippen molar-refractivity contribution >= 4 is 11.9 Å². The van der Waals surface area contributed by atoms with Gasteiger partial charge in [-0.05, 0) is 72.9 Å². The van der Waals surface area contributed by atoms with Crippen molar-refractivity contribution in [2.24, 2.45) is 0 Å². The third-order valence-electron chi connectivity index (χ3n) is 8.41. The summed E-state index contributed by atoms with van der Waals surface area (Å²) < 4.78 is 36.7. The number of hydrogen-bond acceptors (Lipinski definition) is 4. The molecule has 1 aliphatic heterocycles. The molecule has 1 spiro atoms. The lowest BCUT2D eigenvalue weighted by atomic mass is 9.74. The number of carbonyl (C=O) groups is 2. The van der Waals surface area contributed by atoms with Gasteiger partial charge in [0.25, 0.3) is 5.91 Å². The Bertz CT molecular complexity index is 1230. The first-order chi connectivity index (χ1) is 18.1. The van der Waals surface area contributed by atoms with E-state index >= 15 is 4.39 Å². The smallest absolute Gasteiger partial charge is 0.307 e. The number of carboxylic acid groups (broad SMARTS) is 1. The number of carbonyl (C=O) groups excluding carboxylic acids is 1. The Morgan fingerprint density at radius 1 is 1.18 bits per heavy atom. The minimum Gasteiger partial charge on any atom is -0.490 e. The second-order valence-corrected chi connectivity index (χ2v) is 11.6. The number of benzene rings is 2. The fraction of sp³-hybridized carbons (Fsp3) is 0.533. The van der Waals surface area contributed by atoms with Gasteiger partial charge < -0.3 is 20.5 Å². The van der Waals surface area contributed by atoms with Crippen molar-refractivity contribution in [2.75, 3.05) is 6.54 Å². The van der Waals surface area contributed by atoms with E-state index in [1.54, 1.807) is 24.3 Å². The second-order valence-electron chi connectivity index (χ2n) is 11.6. The Balaban J connectivity index is 1.32. The van der Waals surface area contributed by atoms with E-state index in [0.717, 1.165) is 19.3 Å². The van der Waals surface area contributed by atoms with Crippen molar-refractivity contribution in [3.05, 3.63) is 53.3 Å². The van der Waals surface area contributed by atoms with Gasteiger partial charge in [-0.15, -0.1) is 0 Å². The molecule has 1 saturated heterocycles. The minimum absolute atomic E-state index is 0.0589. The zero-order valence-corrected chi connectivity index (χ0v) is 22.0. The molecule has 1 heterocycles. The molecule has 2 aromatic carbocycles. The van der Waals surface area contributed by atoms with E-state index in [-0.39, 0.29) is 48.8 Å². The number of amides is 1. The molecule has 0 aromatic heterocycles. The summed E-state index contributed by atoms with van der Waals surface area (Å²) in [7, 11) is 0. The lowest BCUT2D eigenvalue weighted by molar-refractivity contribution is -0.136. The van der Waals surface area contributed by atoms with Crippen LogP contribution in [-0.4, -0.2) is 46.9 Å². The molecule has 2 saturated carbocycles. The van der Waals surface area contributed by atoms with Gasteiger partial charge in [0.1, 0.15) is 17.7 Å². The van der Waals surface area contributed by atoms with Crippen molar-refractivity contribution in [1.29, 1.82) is 0 Å². The third-order valence-corrected chi connectivity index (χ3v) is 8.41. The van der Waals surface area contributed by atoms with Crippen molar-refractivity contribution in [3.63, 3.8) is 0 Å².